The molecule has 20 heavy (non-hydrogen) atoms. The van der Waals surface area contributed by atoms with Gasteiger partial charge in [0.25, 0.3) is 0 Å². The van der Waals surface area contributed by atoms with E-state index in [2.05, 4.69) is 27.4 Å². The SMILES string of the molecule is c1cnc2c(c1)nc(CC1CCCCS1)n2C1CCC1. The minimum Gasteiger partial charge on any atom is -0.310 e. The van der Waals surface area contributed by atoms with Crippen LogP contribution in [0.3, 0.4) is 0 Å². The van der Waals surface area contributed by atoms with E-state index in [0.29, 0.717) is 6.04 Å². The number of aromatic nitrogens is 3. The molecule has 2 aromatic heterocycles. The molecule has 2 aliphatic rings. The van der Waals surface area contributed by atoms with Crippen LogP contribution >= 0.6 is 11.8 Å². The van der Waals surface area contributed by atoms with Gasteiger partial charge in [0, 0.05) is 23.9 Å². The number of imidazole rings is 1. The number of fused-ring (bicyclic) bond motifs is 1. The highest BCUT2D eigenvalue weighted by Gasteiger charge is 2.26. The van der Waals surface area contributed by atoms with Crippen molar-refractivity contribution < 1.29 is 0 Å². The van der Waals surface area contributed by atoms with E-state index >= 15 is 0 Å². The Hall–Kier alpha value is -1.03. The molecule has 106 valence electrons. The third-order valence-electron chi connectivity index (χ3n) is 4.65. The molecule has 0 aromatic carbocycles. The molecule has 4 heteroatoms. The van der Waals surface area contributed by atoms with Gasteiger partial charge in [0.2, 0.25) is 0 Å². The molecule has 1 unspecified atom stereocenters. The monoisotopic (exact) mass is 287 g/mol. The molecule has 3 heterocycles. The summed E-state index contributed by atoms with van der Waals surface area (Å²) in [6, 6.07) is 4.76. The molecule has 3 nitrogen and oxygen atoms in total. The van der Waals surface area contributed by atoms with E-state index in [1.54, 1.807) is 0 Å². The van der Waals surface area contributed by atoms with E-state index in [4.69, 9.17) is 4.98 Å². The van der Waals surface area contributed by atoms with Gasteiger partial charge in [0.15, 0.2) is 5.65 Å². The Morgan fingerprint density at radius 1 is 1.20 bits per heavy atom. The van der Waals surface area contributed by atoms with Crippen LogP contribution in [-0.2, 0) is 6.42 Å². The van der Waals surface area contributed by atoms with Gasteiger partial charge in [-0.2, -0.15) is 11.8 Å². The van der Waals surface area contributed by atoms with Gasteiger partial charge in [-0.25, -0.2) is 9.97 Å². The maximum absolute atomic E-state index is 4.90. The summed E-state index contributed by atoms with van der Waals surface area (Å²) in [5.74, 6) is 2.61. The van der Waals surface area contributed by atoms with Crippen molar-refractivity contribution in [2.45, 2.75) is 56.2 Å². The van der Waals surface area contributed by atoms with E-state index in [-0.39, 0.29) is 0 Å². The first-order valence-electron chi connectivity index (χ1n) is 7.85. The number of rotatable bonds is 3. The molecule has 4 rings (SSSR count). The molecule has 1 saturated heterocycles. The number of pyridine rings is 1. The number of thioether (sulfide) groups is 1. The van der Waals surface area contributed by atoms with Crippen LogP contribution in [0.2, 0.25) is 0 Å². The summed E-state index contributed by atoms with van der Waals surface area (Å²) in [6.07, 6.45) is 11.1. The topological polar surface area (TPSA) is 30.7 Å². The Morgan fingerprint density at radius 2 is 2.15 bits per heavy atom. The molecule has 2 fully saturated rings. The van der Waals surface area contributed by atoms with Crippen molar-refractivity contribution in [3.05, 3.63) is 24.2 Å². The van der Waals surface area contributed by atoms with Crippen LogP contribution in [0.15, 0.2) is 18.3 Å². The van der Waals surface area contributed by atoms with Crippen LogP contribution in [0.4, 0.5) is 0 Å². The van der Waals surface area contributed by atoms with Gasteiger partial charge in [0.1, 0.15) is 11.3 Å². The first-order valence-corrected chi connectivity index (χ1v) is 8.90. The van der Waals surface area contributed by atoms with Crippen LogP contribution in [0, 0.1) is 0 Å². The lowest BCUT2D eigenvalue weighted by Gasteiger charge is -2.30. The van der Waals surface area contributed by atoms with Crippen LogP contribution < -0.4 is 0 Å². The van der Waals surface area contributed by atoms with Crippen LogP contribution in [0.25, 0.3) is 11.2 Å². The fourth-order valence-electron chi connectivity index (χ4n) is 3.32. The van der Waals surface area contributed by atoms with Crippen molar-refractivity contribution in [1.29, 1.82) is 0 Å². The second-order valence-corrected chi connectivity index (χ2v) is 7.43. The first kappa shape index (κ1) is 12.7. The van der Waals surface area contributed by atoms with Gasteiger partial charge in [0.05, 0.1) is 0 Å². The minimum absolute atomic E-state index is 0.651. The lowest BCUT2D eigenvalue weighted by atomic mass is 9.92. The number of nitrogens with zero attached hydrogens (tertiary/aromatic N) is 3. The predicted molar refractivity (Wildman–Crippen MR) is 84.2 cm³/mol. The molecular formula is C16H21N3S. The second kappa shape index (κ2) is 5.40. The van der Waals surface area contributed by atoms with Crippen LogP contribution in [-0.4, -0.2) is 25.5 Å². The van der Waals surface area contributed by atoms with Gasteiger partial charge < -0.3 is 4.57 Å². The molecule has 1 saturated carbocycles. The Bertz CT molecular complexity index is 597. The fourth-order valence-corrected chi connectivity index (χ4v) is 4.63. The first-order chi connectivity index (χ1) is 9.92. The zero-order valence-electron chi connectivity index (χ0n) is 11.8. The third-order valence-corrected chi connectivity index (χ3v) is 6.04. The Kier molecular flexibility index (Phi) is 3.42. The molecule has 1 atom stereocenters. The second-order valence-electron chi connectivity index (χ2n) is 6.02. The highest BCUT2D eigenvalue weighted by atomic mass is 32.2. The number of hydrogen-bond acceptors (Lipinski definition) is 3. The summed E-state index contributed by atoms with van der Waals surface area (Å²) in [4.78, 5) is 9.49. The molecule has 0 spiro atoms. The van der Waals surface area contributed by atoms with Crippen molar-refractivity contribution in [3.63, 3.8) is 0 Å². The van der Waals surface area contributed by atoms with Crippen molar-refractivity contribution in [3.8, 4) is 0 Å². The van der Waals surface area contributed by atoms with Gasteiger partial charge in [-0.1, -0.05) is 6.42 Å². The van der Waals surface area contributed by atoms with Gasteiger partial charge in [-0.05, 0) is 50.0 Å². The summed E-state index contributed by atoms with van der Waals surface area (Å²) < 4.78 is 2.45. The van der Waals surface area contributed by atoms with Crippen molar-refractivity contribution in [1.82, 2.24) is 14.5 Å². The lowest BCUT2D eigenvalue weighted by Crippen LogP contribution is -2.22. The quantitative estimate of drug-likeness (QED) is 0.855. The summed E-state index contributed by atoms with van der Waals surface area (Å²) in [7, 11) is 0. The lowest BCUT2D eigenvalue weighted by molar-refractivity contribution is 0.311. The molecule has 0 radical (unpaired) electrons. The average Bonchev–Trinajstić information content (AvgIpc) is 2.77. The molecule has 0 bridgehead atoms. The third kappa shape index (κ3) is 2.24. The summed E-state index contributed by atoms with van der Waals surface area (Å²) >= 11 is 2.14. The highest BCUT2D eigenvalue weighted by molar-refractivity contribution is 7.99. The van der Waals surface area contributed by atoms with Crippen molar-refractivity contribution in [2.24, 2.45) is 0 Å². The minimum atomic E-state index is 0.651. The highest BCUT2D eigenvalue weighted by Crippen LogP contribution is 2.36. The zero-order valence-corrected chi connectivity index (χ0v) is 12.6. The molecule has 0 amide bonds. The standard InChI is InChI=1S/C16H21N3S/c1-2-10-20-13(7-1)11-15-18-14-8-4-9-17-16(14)19(15)12-5-3-6-12/h4,8-9,12-13H,1-3,5-7,10-11H2. The Labute approximate surface area is 124 Å². The van der Waals surface area contributed by atoms with Crippen molar-refractivity contribution in [2.75, 3.05) is 5.75 Å². The fraction of sp³-hybridized carbons (Fsp3) is 0.625. The molecular weight excluding hydrogens is 266 g/mol. The van der Waals surface area contributed by atoms with E-state index in [9.17, 15) is 0 Å². The zero-order chi connectivity index (χ0) is 13.4. The van der Waals surface area contributed by atoms with Gasteiger partial charge in [-0.3, -0.25) is 0 Å². The largest absolute Gasteiger partial charge is 0.310 e. The van der Waals surface area contributed by atoms with Gasteiger partial charge in [-0.15, -0.1) is 0 Å². The normalized spacial score (nSPS) is 23.9. The molecule has 1 aliphatic carbocycles. The van der Waals surface area contributed by atoms with Gasteiger partial charge >= 0.3 is 0 Å². The van der Waals surface area contributed by atoms with E-state index in [1.807, 2.05) is 12.3 Å². The summed E-state index contributed by atoms with van der Waals surface area (Å²) in [5.41, 5.74) is 2.18. The molecule has 1 aliphatic heterocycles. The molecule has 0 N–H and O–H groups in total. The van der Waals surface area contributed by atoms with Crippen LogP contribution in [0.1, 0.15) is 50.4 Å². The molecule has 2 aromatic rings. The maximum atomic E-state index is 4.90. The van der Waals surface area contributed by atoms with Crippen molar-refractivity contribution >= 4 is 22.9 Å². The Balaban J connectivity index is 1.69. The van der Waals surface area contributed by atoms with E-state index in [1.165, 1.54) is 50.1 Å². The predicted octanol–water partition coefficient (Wildman–Crippen LogP) is 3.98. The maximum Gasteiger partial charge on any atom is 0.160 e. The van der Waals surface area contributed by atoms with E-state index in [0.717, 1.165) is 22.8 Å². The summed E-state index contributed by atoms with van der Waals surface area (Å²) in [6.45, 7) is 0. The van der Waals surface area contributed by atoms with Crippen LogP contribution in [0.5, 0.6) is 0 Å². The Morgan fingerprint density at radius 3 is 2.90 bits per heavy atom. The smallest absolute Gasteiger partial charge is 0.160 e. The summed E-state index contributed by atoms with van der Waals surface area (Å²) in [5, 5.41) is 0.763. The van der Waals surface area contributed by atoms with E-state index < -0.39 is 0 Å². The number of hydrogen-bond donors (Lipinski definition) is 0. The average molecular weight is 287 g/mol.